The number of aromatic amines is 1. The highest BCUT2D eigenvalue weighted by Gasteiger charge is 2.26. The predicted octanol–water partition coefficient (Wildman–Crippen LogP) is 0.219. The van der Waals surface area contributed by atoms with Crippen molar-refractivity contribution in [2.45, 2.75) is 19.8 Å². The zero-order valence-electron chi connectivity index (χ0n) is 10.9. The molecule has 1 saturated heterocycles. The van der Waals surface area contributed by atoms with Gasteiger partial charge in [0.15, 0.2) is 5.65 Å². The smallest absolute Gasteiger partial charge is 0.364 e. The molecule has 7 heteroatoms. The maximum Gasteiger partial charge on any atom is 0.364 e. The average Bonchev–Trinajstić information content (AvgIpc) is 2.79. The third-order valence-electron chi connectivity index (χ3n) is 3.66. The Kier molecular flexibility index (Phi) is 2.98. The first kappa shape index (κ1) is 12.2. The zero-order chi connectivity index (χ0) is 13.3. The van der Waals surface area contributed by atoms with E-state index < -0.39 is 0 Å². The van der Waals surface area contributed by atoms with Gasteiger partial charge in [-0.3, -0.25) is 0 Å². The number of nitrogens with one attached hydrogen (secondary N) is 3. The van der Waals surface area contributed by atoms with Crippen molar-refractivity contribution in [3.05, 3.63) is 22.6 Å². The Morgan fingerprint density at radius 3 is 3.21 bits per heavy atom. The molecule has 0 radical (unpaired) electrons. The topological polar surface area (TPSA) is 87.1 Å². The van der Waals surface area contributed by atoms with Gasteiger partial charge < -0.3 is 10.6 Å². The predicted molar refractivity (Wildman–Crippen MR) is 72.3 cm³/mol. The number of piperidine rings is 1. The summed E-state index contributed by atoms with van der Waals surface area (Å²) in [5, 5.41) is 17.2. The van der Waals surface area contributed by atoms with Crippen molar-refractivity contribution < 1.29 is 0 Å². The number of aromatic nitrogens is 4. The van der Waals surface area contributed by atoms with Crippen LogP contribution < -0.4 is 16.3 Å². The lowest BCUT2D eigenvalue weighted by Gasteiger charge is -2.34. The first-order valence-corrected chi connectivity index (χ1v) is 6.55. The second-order valence-corrected chi connectivity index (χ2v) is 5.46. The number of nitrogens with zero attached hydrogens (tertiary/aromatic N) is 3. The van der Waals surface area contributed by atoms with E-state index in [1.807, 2.05) is 6.07 Å². The van der Waals surface area contributed by atoms with Gasteiger partial charge in [0.1, 0.15) is 5.82 Å². The van der Waals surface area contributed by atoms with Gasteiger partial charge in [-0.15, -0.1) is 5.10 Å². The number of rotatable bonds is 3. The second-order valence-electron chi connectivity index (χ2n) is 5.46. The Bertz CT molecular complexity index is 624. The van der Waals surface area contributed by atoms with Crippen molar-refractivity contribution in [3.8, 4) is 0 Å². The Morgan fingerprint density at radius 2 is 2.42 bits per heavy atom. The maximum absolute atomic E-state index is 11.4. The van der Waals surface area contributed by atoms with E-state index in [9.17, 15) is 4.79 Å². The molecule has 1 unspecified atom stereocenters. The molecule has 2 aromatic heterocycles. The molecule has 0 amide bonds. The minimum atomic E-state index is -0.316. The summed E-state index contributed by atoms with van der Waals surface area (Å²) >= 11 is 0. The molecule has 0 aliphatic carbocycles. The molecule has 7 nitrogen and oxygen atoms in total. The molecule has 0 bridgehead atoms. The summed E-state index contributed by atoms with van der Waals surface area (Å²) in [5.41, 5.74) is 0.446. The highest BCUT2D eigenvalue weighted by Crippen LogP contribution is 2.25. The van der Waals surface area contributed by atoms with Crippen molar-refractivity contribution in [2.24, 2.45) is 5.41 Å². The first-order chi connectivity index (χ1) is 9.16. The molecule has 0 spiro atoms. The highest BCUT2D eigenvalue weighted by molar-refractivity contribution is 5.43. The zero-order valence-corrected chi connectivity index (χ0v) is 10.9. The van der Waals surface area contributed by atoms with Crippen molar-refractivity contribution in [1.82, 2.24) is 25.1 Å². The Hall–Kier alpha value is -1.89. The lowest BCUT2D eigenvalue weighted by Crippen LogP contribution is -2.42. The van der Waals surface area contributed by atoms with Gasteiger partial charge in [-0.2, -0.15) is 9.61 Å². The number of anilines is 1. The molecule has 3 N–H and O–H groups in total. The van der Waals surface area contributed by atoms with Crippen molar-refractivity contribution >= 4 is 11.5 Å². The lowest BCUT2D eigenvalue weighted by molar-refractivity contribution is 0.253. The first-order valence-electron chi connectivity index (χ1n) is 6.55. The molecule has 102 valence electrons. The molecule has 1 aliphatic rings. The van der Waals surface area contributed by atoms with Gasteiger partial charge in [-0.1, -0.05) is 6.92 Å². The van der Waals surface area contributed by atoms with Crippen LogP contribution in [-0.2, 0) is 0 Å². The minimum absolute atomic E-state index is 0.232. The van der Waals surface area contributed by atoms with Gasteiger partial charge in [0.2, 0.25) is 0 Å². The van der Waals surface area contributed by atoms with Crippen LogP contribution in [0.5, 0.6) is 0 Å². The summed E-state index contributed by atoms with van der Waals surface area (Å²) < 4.78 is 1.27. The standard InChI is InChI=1S/C12H18N6O/c1-12(5-2-6-13-7-12)8-14-9-3-4-10-15-16-11(19)18(10)17-9/h3-4,13H,2,5-8H2,1H3,(H,14,17)(H,16,19). The van der Waals surface area contributed by atoms with Gasteiger partial charge >= 0.3 is 5.69 Å². The van der Waals surface area contributed by atoms with Crippen LogP contribution in [0.2, 0.25) is 0 Å². The van der Waals surface area contributed by atoms with E-state index in [0.717, 1.165) is 19.6 Å². The van der Waals surface area contributed by atoms with Crippen LogP contribution in [0.15, 0.2) is 16.9 Å². The molecule has 2 aromatic rings. The van der Waals surface area contributed by atoms with Gasteiger partial charge in [0, 0.05) is 13.1 Å². The fourth-order valence-corrected chi connectivity index (χ4v) is 2.47. The Labute approximate surface area is 110 Å². The number of hydrogen-bond acceptors (Lipinski definition) is 5. The van der Waals surface area contributed by atoms with Crippen molar-refractivity contribution in [1.29, 1.82) is 0 Å². The molecular formula is C12H18N6O. The highest BCUT2D eigenvalue weighted by atomic mass is 16.2. The monoisotopic (exact) mass is 262 g/mol. The summed E-state index contributed by atoms with van der Waals surface area (Å²) in [6.45, 7) is 5.21. The van der Waals surface area contributed by atoms with E-state index in [2.05, 4.69) is 32.9 Å². The molecule has 1 fully saturated rings. The molecule has 1 aliphatic heterocycles. The van der Waals surface area contributed by atoms with Gasteiger partial charge in [0.05, 0.1) is 0 Å². The molecule has 0 saturated carbocycles. The molecule has 3 heterocycles. The fourth-order valence-electron chi connectivity index (χ4n) is 2.47. The fraction of sp³-hybridized carbons (Fsp3) is 0.583. The van der Waals surface area contributed by atoms with Gasteiger partial charge in [-0.25, -0.2) is 9.89 Å². The normalized spacial score (nSPS) is 23.6. The third-order valence-corrected chi connectivity index (χ3v) is 3.66. The largest absolute Gasteiger partial charge is 0.368 e. The summed E-state index contributed by atoms with van der Waals surface area (Å²) in [6.07, 6.45) is 2.40. The Morgan fingerprint density at radius 1 is 1.53 bits per heavy atom. The van der Waals surface area contributed by atoms with Gasteiger partial charge in [-0.05, 0) is 36.9 Å². The molecule has 3 rings (SSSR count). The van der Waals surface area contributed by atoms with Crippen LogP contribution in [-0.4, -0.2) is 39.4 Å². The molecule has 1 atom stereocenters. The lowest BCUT2D eigenvalue weighted by atomic mass is 9.83. The molecular weight excluding hydrogens is 244 g/mol. The second kappa shape index (κ2) is 4.65. The summed E-state index contributed by atoms with van der Waals surface area (Å²) in [4.78, 5) is 11.4. The van der Waals surface area contributed by atoms with E-state index in [4.69, 9.17) is 0 Å². The molecule has 19 heavy (non-hydrogen) atoms. The quantitative estimate of drug-likeness (QED) is 0.736. The van der Waals surface area contributed by atoms with Crippen LogP contribution in [0.25, 0.3) is 5.65 Å². The maximum atomic E-state index is 11.4. The van der Waals surface area contributed by atoms with Crippen LogP contribution in [0.4, 0.5) is 5.82 Å². The van der Waals surface area contributed by atoms with E-state index in [1.165, 1.54) is 17.4 Å². The van der Waals surface area contributed by atoms with E-state index in [-0.39, 0.29) is 11.1 Å². The number of hydrogen-bond donors (Lipinski definition) is 3. The summed E-state index contributed by atoms with van der Waals surface area (Å²) in [6, 6.07) is 3.61. The van der Waals surface area contributed by atoms with Crippen LogP contribution in [0.1, 0.15) is 19.8 Å². The third kappa shape index (κ3) is 2.46. The molecule has 0 aromatic carbocycles. The van der Waals surface area contributed by atoms with Crippen molar-refractivity contribution in [3.63, 3.8) is 0 Å². The van der Waals surface area contributed by atoms with Crippen LogP contribution in [0.3, 0.4) is 0 Å². The van der Waals surface area contributed by atoms with Crippen LogP contribution >= 0.6 is 0 Å². The Balaban J connectivity index is 1.74. The van der Waals surface area contributed by atoms with E-state index in [0.29, 0.717) is 11.5 Å². The average molecular weight is 262 g/mol. The number of fused-ring (bicyclic) bond motifs is 1. The van der Waals surface area contributed by atoms with E-state index in [1.54, 1.807) is 6.07 Å². The van der Waals surface area contributed by atoms with Gasteiger partial charge in [0.25, 0.3) is 0 Å². The summed E-state index contributed by atoms with van der Waals surface area (Å²) in [5.74, 6) is 0.697. The van der Waals surface area contributed by atoms with Crippen LogP contribution in [0, 0.1) is 5.41 Å². The van der Waals surface area contributed by atoms with E-state index >= 15 is 0 Å². The number of H-pyrrole nitrogens is 1. The SMILES string of the molecule is CC1(CNc2ccc3n[nH]c(=O)n3n2)CCCNC1. The van der Waals surface area contributed by atoms with Crippen molar-refractivity contribution in [2.75, 3.05) is 25.0 Å². The summed E-state index contributed by atoms with van der Waals surface area (Å²) in [7, 11) is 0. The minimum Gasteiger partial charge on any atom is -0.368 e.